The minimum atomic E-state index is -1.21. The van der Waals surface area contributed by atoms with Crippen molar-refractivity contribution in [3.05, 3.63) is 75.7 Å². The molecule has 10 heteroatoms. The molecule has 0 spiro atoms. The number of carboxylic acid groups (broad SMARTS) is 1. The number of rotatable bonds is 9. The molecule has 0 unspecified atom stereocenters. The number of thiazole rings is 1. The maximum atomic E-state index is 12.3. The number of benzene rings is 2. The first-order valence-corrected chi connectivity index (χ1v) is 11.4. The second-order valence-corrected chi connectivity index (χ2v) is 8.57. The van der Waals surface area contributed by atoms with Crippen LogP contribution >= 0.6 is 11.3 Å². The number of alkyl carbamates (subject to hydrolysis) is 1. The molecule has 0 aliphatic heterocycles. The predicted octanol–water partition coefficient (Wildman–Crippen LogP) is 3.01. The van der Waals surface area contributed by atoms with Gasteiger partial charge in [0.05, 0.1) is 13.2 Å². The van der Waals surface area contributed by atoms with E-state index in [-0.39, 0.29) is 31.4 Å². The normalized spacial score (nSPS) is 13.0. The number of nitrogens with one attached hydrogen (secondary N) is 2. The van der Waals surface area contributed by atoms with E-state index < -0.39 is 24.0 Å². The minimum Gasteiger partial charge on any atom is -0.480 e. The molecule has 0 bridgehead atoms. The highest BCUT2D eigenvalue weighted by atomic mass is 32.1. The van der Waals surface area contributed by atoms with E-state index in [4.69, 9.17) is 14.6 Å². The Labute approximate surface area is 199 Å². The third-order valence-electron chi connectivity index (χ3n) is 5.45. The molecule has 2 aromatic carbocycles. The smallest absolute Gasteiger partial charge is 0.407 e. The number of carbonyl (C=O) groups excluding carboxylic acids is 2. The summed E-state index contributed by atoms with van der Waals surface area (Å²) < 4.78 is 10.3. The molecule has 4 rings (SSSR count). The summed E-state index contributed by atoms with van der Waals surface area (Å²) in [5.74, 6) is -1.88. The zero-order valence-electron chi connectivity index (χ0n) is 18.3. The fourth-order valence-corrected chi connectivity index (χ4v) is 4.58. The summed E-state index contributed by atoms with van der Waals surface area (Å²) in [6, 6.07) is 15.0. The van der Waals surface area contributed by atoms with E-state index in [1.54, 1.807) is 0 Å². The van der Waals surface area contributed by atoms with E-state index >= 15 is 0 Å². The first-order chi connectivity index (χ1) is 16.5. The summed E-state index contributed by atoms with van der Waals surface area (Å²) >= 11 is 1.17. The van der Waals surface area contributed by atoms with Gasteiger partial charge < -0.3 is 25.2 Å². The Hall–Kier alpha value is -3.76. The van der Waals surface area contributed by atoms with Gasteiger partial charge in [-0.05, 0) is 22.3 Å². The number of methoxy groups -OCH3 is 1. The molecule has 0 saturated carbocycles. The molecule has 0 saturated heterocycles. The van der Waals surface area contributed by atoms with Crippen LogP contribution in [0.2, 0.25) is 0 Å². The Morgan fingerprint density at radius 1 is 1.09 bits per heavy atom. The predicted molar refractivity (Wildman–Crippen MR) is 125 cm³/mol. The van der Waals surface area contributed by atoms with Gasteiger partial charge in [0.1, 0.15) is 17.3 Å². The molecule has 34 heavy (non-hydrogen) atoms. The number of fused-ring (bicyclic) bond motifs is 3. The molecule has 0 radical (unpaired) electrons. The van der Waals surface area contributed by atoms with Gasteiger partial charge in [0.15, 0.2) is 6.04 Å². The fraction of sp³-hybridized carbons (Fsp3) is 0.250. The number of amides is 2. The molecular formula is C24H23N3O6S. The number of hydrogen-bond donors (Lipinski definition) is 3. The van der Waals surface area contributed by atoms with E-state index in [2.05, 4.69) is 27.8 Å². The lowest BCUT2D eigenvalue weighted by Crippen LogP contribution is -2.43. The van der Waals surface area contributed by atoms with Crippen LogP contribution in [0.5, 0.6) is 0 Å². The van der Waals surface area contributed by atoms with Crippen LogP contribution in [0.25, 0.3) is 11.1 Å². The number of carbonyl (C=O) groups is 3. The van der Waals surface area contributed by atoms with Crippen LogP contribution in [0.1, 0.15) is 32.5 Å². The molecule has 3 N–H and O–H groups in total. The van der Waals surface area contributed by atoms with Gasteiger partial charge in [0, 0.05) is 18.4 Å². The number of aliphatic carboxylic acids is 1. The van der Waals surface area contributed by atoms with Crippen molar-refractivity contribution in [3.8, 4) is 11.1 Å². The molecule has 1 aliphatic rings. The van der Waals surface area contributed by atoms with Crippen molar-refractivity contribution < 1.29 is 29.0 Å². The highest BCUT2D eigenvalue weighted by Gasteiger charge is 2.29. The van der Waals surface area contributed by atoms with Crippen LogP contribution in [0, 0.1) is 0 Å². The minimum absolute atomic E-state index is 0.0393. The maximum absolute atomic E-state index is 12.3. The van der Waals surface area contributed by atoms with Gasteiger partial charge in [0.2, 0.25) is 0 Å². The lowest BCUT2D eigenvalue weighted by Gasteiger charge is -2.14. The highest BCUT2D eigenvalue weighted by molar-refractivity contribution is 7.09. The van der Waals surface area contributed by atoms with Crippen LogP contribution < -0.4 is 10.6 Å². The quantitative estimate of drug-likeness (QED) is 0.429. The number of nitrogens with zero attached hydrogens (tertiary/aromatic N) is 1. The lowest BCUT2D eigenvalue weighted by molar-refractivity contribution is -0.140. The van der Waals surface area contributed by atoms with E-state index in [0.717, 1.165) is 22.3 Å². The van der Waals surface area contributed by atoms with Crippen molar-refractivity contribution in [1.29, 1.82) is 0 Å². The Kier molecular flexibility index (Phi) is 7.19. The number of carboxylic acids is 1. The van der Waals surface area contributed by atoms with Crippen molar-refractivity contribution >= 4 is 29.3 Å². The maximum Gasteiger partial charge on any atom is 0.407 e. The van der Waals surface area contributed by atoms with Crippen LogP contribution in [-0.4, -0.2) is 54.4 Å². The van der Waals surface area contributed by atoms with Gasteiger partial charge in [0.25, 0.3) is 5.91 Å². The molecule has 3 aromatic rings. The van der Waals surface area contributed by atoms with Gasteiger partial charge in [-0.3, -0.25) is 4.79 Å². The molecule has 1 aliphatic carbocycles. The van der Waals surface area contributed by atoms with E-state index in [9.17, 15) is 14.4 Å². The van der Waals surface area contributed by atoms with Crippen LogP contribution in [0.4, 0.5) is 4.79 Å². The molecule has 176 valence electrons. The second-order valence-electron chi connectivity index (χ2n) is 7.63. The second kappa shape index (κ2) is 10.4. The van der Waals surface area contributed by atoms with Crippen LogP contribution in [0.3, 0.4) is 0 Å². The lowest BCUT2D eigenvalue weighted by atomic mass is 9.98. The topological polar surface area (TPSA) is 127 Å². The van der Waals surface area contributed by atoms with Gasteiger partial charge >= 0.3 is 12.1 Å². The fourth-order valence-electron chi connectivity index (χ4n) is 3.87. The Bertz CT molecular complexity index is 1170. The standard InChI is InChI=1S/C24H23N3O6S/c1-32-12-19(23(29)30)27-22(28)20-13-34-21(26-20)10-25-24(31)33-11-18-16-8-4-2-6-14(16)15-7-3-5-9-17(15)18/h2-9,13,18-19H,10-12H2,1H3,(H,25,31)(H,27,28)(H,29,30)/t19-/m0/s1. The van der Waals surface area contributed by atoms with Gasteiger partial charge in [-0.1, -0.05) is 48.5 Å². The summed E-state index contributed by atoms with van der Waals surface area (Å²) in [6.45, 7) is 0.109. The summed E-state index contributed by atoms with van der Waals surface area (Å²) in [5.41, 5.74) is 4.62. The third-order valence-corrected chi connectivity index (χ3v) is 6.30. The highest BCUT2D eigenvalue weighted by Crippen LogP contribution is 2.44. The van der Waals surface area contributed by atoms with E-state index in [1.165, 1.54) is 23.8 Å². The zero-order valence-corrected chi connectivity index (χ0v) is 19.1. The third kappa shape index (κ3) is 5.08. The molecule has 0 fully saturated rings. The molecule has 2 amide bonds. The summed E-state index contributed by atoms with van der Waals surface area (Å²) in [6.07, 6.45) is -0.589. The largest absolute Gasteiger partial charge is 0.480 e. The summed E-state index contributed by atoms with van der Waals surface area (Å²) in [5, 5.41) is 16.1. The van der Waals surface area contributed by atoms with Crippen molar-refractivity contribution in [2.75, 3.05) is 20.3 Å². The molecular weight excluding hydrogens is 458 g/mol. The molecule has 1 atom stereocenters. The van der Waals surface area contributed by atoms with Gasteiger partial charge in [-0.25, -0.2) is 14.6 Å². The van der Waals surface area contributed by atoms with Gasteiger partial charge in [-0.15, -0.1) is 11.3 Å². The Morgan fingerprint density at radius 2 is 1.74 bits per heavy atom. The SMILES string of the molecule is COC[C@H](NC(=O)c1csc(CNC(=O)OCC2c3ccccc3-c3ccccc32)n1)C(=O)O. The van der Waals surface area contributed by atoms with Crippen molar-refractivity contribution in [3.63, 3.8) is 0 Å². The Morgan fingerprint density at radius 3 is 2.35 bits per heavy atom. The van der Waals surface area contributed by atoms with Crippen molar-refractivity contribution in [1.82, 2.24) is 15.6 Å². The number of ether oxygens (including phenoxy) is 2. The molecule has 1 aromatic heterocycles. The first-order valence-electron chi connectivity index (χ1n) is 10.5. The number of hydrogen-bond acceptors (Lipinski definition) is 7. The monoisotopic (exact) mass is 481 g/mol. The number of aromatic nitrogens is 1. The van der Waals surface area contributed by atoms with Crippen LogP contribution in [-0.2, 0) is 20.8 Å². The van der Waals surface area contributed by atoms with Crippen LogP contribution in [0.15, 0.2) is 53.9 Å². The summed E-state index contributed by atoms with van der Waals surface area (Å²) in [4.78, 5) is 39.9. The van der Waals surface area contributed by atoms with Gasteiger partial charge in [-0.2, -0.15) is 0 Å². The average Bonchev–Trinajstić information content (AvgIpc) is 3.44. The van der Waals surface area contributed by atoms with E-state index in [0.29, 0.717) is 5.01 Å². The zero-order chi connectivity index (χ0) is 24.1. The van der Waals surface area contributed by atoms with E-state index in [1.807, 2.05) is 36.4 Å². The summed E-state index contributed by atoms with van der Waals surface area (Å²) in [7, 11) is 1.35. The van der Waals surface area contributed by atoms with Crippen molar-refractivity contribution in [2.24, 2.45) is 0 Å². The Balaban J connectivity index is 1.30. The average molecular weight is 482 g/mol. The molecule has 9 nitrogen and oxygen atoms in total. The first kappa shape index (κ1) is 23.4. The van der Waals surface area contributed by atoms with Crippen molar-refractivity contribution in [2.45, 2.75) is 18.5 Å². The molecule has 1 heterocycles.